The van der Waals surface area contributed by atoms with Crippen molar-refractivity contribution in [2.75, 3.05) is 21.3 Å². The molecule has 0 aliphatic rings. The van der Waals surface area contributed by atoms with Crippen molar-refractivity contribution < 1.29 is 19.3 Å². The molecule has 0 bridgehead atoms. The van der Waals surface area contributed by atoms with Crippen molar-refractivity contribution in [3.05, 3.63) is 24.3 Å². The van der Waals surface area contributed by atoms with Gasteiger partial charge in [-0.1, -0.05) is 6.58 Å². The Hall–Kier alpha value is -1.84. The van der Waals surface area contributed by atoms with E-state index in [0.717, 1.165) is 0 Å². The average Bonchev–Trinajstić information content (AvgIpc) is 2.26. The molecule has 0 aliphatic heterocycles. The molecule has 1 aromatic rings. The Kier molecular flexibility index (Phi) is 3.44. The second kappa shape index (κ2) is 4.59. The van der Waals surface area contributed by atoms with E-state index in [4.69, 9.17) is 14.2 Å². The zero-order chi connectivity index (χ0) is 11.4. The molecule has 4 heteroatoms. The summed E-state index contributed by atoms with van der Waals surface area (Å²) < 4.78 is 15.4. The number of aliphatic hydroxyl groups is 1. The van der Waals surface area contributed by atoms with E-state index in [1.54, 1.807) is 12.1 Å². The molecule has 0 aliphatic carbocycles. The van der Waals surface area contributed by atoms with Crippen LogP contribution in [0.3, 0.4) is 0 Å². The minimum Gasteiger partial charge on any atom is -0.508 e. The van der Waals surface area contributed by atoms with Crippen LogP contribution in [0.5, 0.6) is 17.2 Å². The maximum atomic E-state index is 9.28. The van der Waals surface area contributed by atoms with Gasteiger partial charge in [0.25, 0.3) is 0 Å². The highest BCUT2D eigenvalue weighted by Gasteiger charge is 2.13. The summed E-state index contributed by atoms with van der Waals surface area (Å²) in [5.41, 5.74) is 0.532. The van der Waals surface area contributed by atoms with Gasteiger partial charge in [0.1, 0.15) is 5.76 Å². The molecule has 0 aromatic heterocycles. The zero-order valence-corrected chi connectivity index (χ0v) is 9.03. The minimum absolute atomic E-state index is 0.0470. The van der Waals surface area contributed by atoms with Crippen LogP contribution in [0.15, 0.2) is 18.7 Å². The SMILES string of the molecule is C=C(O)c1cc(OC)c(OC)c(OC)c1. The van der Waals surface area contributed by atoms with Gasteiger partial charge in [-0.2, -0.15) is 0 Å². The highest BCUT2D eigenvalue weighted by Crippen LogP contribution is 2.39. The number of hydrogen-bond acceptors (Lipinski definition) is 4. The lowest BCUT2D eigenvalue weighted by atomic mass is 10.1. The molecule has 0 amide bonds. The molecule has 0 saturated heterocycles. The van der Waals surface area contributed by atoms with Crippen LogP contribution >= 0.6 is 0 Å². The molecule has 0 spiro atoms. The molecule has 82 valence electrons. The summed E-state index contributed by atoms with van der Waals surface area (Å²) in [7, 11) is 4.55. The van der Waals surface area contributed by atoms with Gasteiger partial charge in [0.2, 0.25) is 5.75 Å². The highest BCUT2D eigenvalue weighted by molar-refractivity contribution is 5.65. The number of benzene rings is 1. The van der Waals surface area contributed by atoms with E-state index in [-0.39, 0.29) is 5.76 Å². The summed E-state index contributed by atoms with van der Waals surface area (Å²) in [6.07, 6.45) is 0. The van der Waals surface area contributed by atoms with Gasteiger partial charge in [-0.05, 0) is 12.1 Å². The molecule has 4 nitrogen and oxygen atoms in total. The fourth-order valence-electron chi connectivity index (χ4n) is 1.25. The molecule has 1 rings (SSSR count). The van der Waals surface area contributed by atoms with Crippen molar-refractivity contribution in [3.8, 4) is 17.2 Å². The van der Waals surface area contributed by atoms with Crippen LogP contribution in [0.1, 0.15) is 5.56 Å². The molecular weight excluding hydrogens is 196 g/mol. The number of hydrogen-bond donors (Lipinski definition) is 1. The summed E-state index contributed by atoms with van der Waals surface area (Å²) in [5.74, 6) is 1.42. The van der Waals surface area contributed by atoms with Crippen molar-refractivity contribution in [1.29, 1.82) is 0 Å². The fraction of sp³-hybridized carbons (Fsp3) is 0.273. The van der Waals surface area contributed by atoms with Gasteiger partial charge in [0.15, 0.2) is 11.5 Å². The zero-order valence-electron chi connectivity index (χ0n) is 9.03. The number of aliphatic hydroxyl groups excluding tert-OH is 1. The lowest BCUT2D eigenvalue weighted by Gasteiger charge is -2.13. The quantitative estimate of drug-likeness (QED) is 0.774. The molecule has 15 heavy (non-hydrogen) atoms. The minimum atomic E-state index is -0.0470. The monoisotopic (exact) mass is 210 g/mol. The van der Waals surface area contributed by atoms with Crippen LogP contribution in [-0.2, 0) is 0 Å². The summed E-state index contributed by atoms with van der Waals surface area (Å²) in [6, 6.07) is 3.26. The van der Waals surface area contributed by atoms with Crippen LogP contribution < -0.4 is 14.2 Å². The topological polar surface area (TPSA) is 47.9 Å². The van der Waals surface area contributed by atoms with Crippen molar-refractivity contribution in [1.82, 2.24) is 0 Å². The van der Waals surface area contributed by atoms with Crippen LogP contribution in [0.2, 0.25) is 0 Å². The first kappa shape index (κ1) is 11.2. The third kappa shape index (κ3) is 2.15. The summed E-state index contributed by atoms with van der Waals surface area (Å²) in [6.45, 7) is 3.44. The van der Waals surface area contributed by atoms with Crippen molar-refractivity contribution in [2.24, 2.45) is 0 Å². The van der Waals surface area contributed by atoms with Crippen molar-refractivity contribution in [3.63, 3.8) is 0 Å². The standard InChI is InChI=1S/C11H14O4/c1-7(12)8-5-9(13-2)11(15-4)10(6-8)14-3/h5-6,12H,1H2,2-4H3. The van der Waals surface area contributed by atoms with Gasteiger partial charge in [-0.3, -0.25) is 0 Å². The van der Waals surface area contributed by atoms with E-state index in [1.807, 2.05) is 0 Å². The molecular formula is C11H14O4. The third-order valence-corrected chi connectivity index (χ3v) is 2.00. The smallest absolute Gasteiger partial charge is 0.203 e. The third-order valence-electron chi connectivity index (χ3n) is 2.00. The molecule has 0 heterocycles. The molecule has 0 unspecified atom stereocenters. The Morgan fingerprint density at radius 2 is 1.53 bits per heavy atom. The molecule has 1 aromatic carbocycles. The van der Waals surface area contributed by atoms with Crippen molar-refractivity contribution >= 4 is 5.76 Å². The summed E-state index contributed by atoms with van der Waals surface area (Å²) in [5, 5.41) is 9.28. The van der Waals surface area contributed by atoms with Crippen LogP contribution in [-0.4, -0.2) is 26.4 Å². The summed E-state index contributed by atoms with van der Waals surface area (Å²) in [4.78, 5) is 0. The van der Waals surface area contributed by atoms with Crippen LogP contribution in [0.4, 0.5) is 0 Å². The summed E-state index contributed by atoms with van der Waals surface area (Å²) >= 11 is 0. The van der Waals surface area contributed by atoms with Gasteiger partial charge in [0.05, 0.1) is 21.3 Å². The van der Waals surface area contributed by atoms with Gasteiger partial charge in [-0.15, -0.1) is 0 Å². The van der Waals surface area contributed by atoms with Crippen LogP contribution in [0.25, 0.3) is 5.76 Å². The van der Waals surface area contributed by atoms with E-state index in [2.05, 4.69) is 6.58 Å². The predicted molar refractivity (Wildman–Crippen MR) is 57.8 cm³/mol. The number of ether oxygens (including phenoxy) is 3. The van der Waals surface area contributed by atoms with Crippen molar-refractivity contribution in [2.45, 2.75) is 0 Å². The van der Waals surface area contributed by atoms with E-state index in [1.165, 1.54) is 21.3 Å². The van der Waals surface area contributed by atoms with E-state index >= 15 is 0 Å². The van der Waals surface area contributed by atoms with Crippen LogP contribution in [0, 0.1) is 0 Å². The number of methoxy groups -OCH3 is 3. The van der Waals surface area contributed by atoms with E-state index in [9.17, 15) is 5.11 Å². The second-order valence-electron chi connectivity index (χ2n) is 2.86. The molecule has 0 atom stereocenters. The largest absolute Gasteiger partial charge is 0.508 e. The first-order valence-corrected chi connectivity index (χ1v) is 4.32. The Morgan fingerprint density at radius 1 is 1.07 bits per heavy atom. The molecule has 0 fully saturated rings. The molecule has 0 saturated carbocycles. The Morgan fingerprint density at radius 3 is 1.80 bits per heavy atom. The molecule has 0 radical (unpaired) electrons. The van der Waals surface area contributed by atoms with Gasteiger partial charge >= 0.3 is 0 Å². The second-order valence-corrected chi connectivity index (χ2v) is 2.86. The predicted octanol–water partition coefficient (Wildman–Crippen LogP) is 2.24. The Labute approximate surface area is 88.7 Å². The lowest BCUT2D eigenvalue weighted by molar-refractivity contribution is 0.324. The van der Waals surface area contributed by atoms with Gasteiger partial charge in [0, 0.05) is 5.56 Å². The Bertz CT molecular complexity index is 346. The first-order valence-electron chi connectivity index (χ1n) is 4.32. The fourth-order valence-corrected chi connectivity index (χ4v) is 1.25. The van der Waals surface area contributed by atoms with E-state index in [0.29, 0.717) is 22.8 Å². The maximum Gasteiger partial charge on any atom is 0.203 e. The highest BCUT2D eigenvalue weighted by atomic mass is 16.5. The average molecular weight is 210 g/mol. The van der Waals surface area contributed by atoms with Gasteiger partial charge < -0.3 is 19.3 Å². The van der Waals surface area contributed by atoms with Gasteiger partial charge in [-0.25, -0.2) is 0 Å². The lowest BCUT2D eigenvalue weighted by Crippen LogP contribution is -1.96. The Balaban J connectivity index is 3.35. The number of rotatable bonds is 4. The molecule has 1 N–H and O–H groups in total. The maximum absolute atomic E-state index is 9.28. The first-order chi connectivity index (χ1) is 7.13. The van der Waals surface area contributed by atoms with E-state index < -0.39 is 0 Å². The normalized spacial score (nSPS) is 9.53.